The fourth-order valence-electron chi connectivity index (χ4n) is 3.24. The molecule has 0 aliphatic rings. The summed E-state index contributed by atoms with van der Waals surface area (Å²) >= 11 is -1.32. The minimum absolute atomic E-state index is 0.0438. The summed E-state index contributed by atoms with van der Waals surface area (Å²) in [6.07, 6.45) is 0. The fraction of sp³-hybridized carbons (Fsp3) is 0. The van der Waals surface area contributed by atoms with Crippen LogP contribution in [-0.4, -0.2) is 45.7 Å². The van der Waals surface area contributed by atoms with Crippen LogP contribution in [0.3, 0.4) is 0 Å². The monoisotopic (exact) mass is 652 g/mol. The molecule has 0 saturated carbocycles. The Morgan fingerprint density at radius 2 is 0.781 bits per heavy atom. The Hall–Kier alpha value is -2.60. The molecule has 4 rings (SSSR count). The second-order valence-electron chi connectivity index (χ2n) is 6.99. The van der Waals surface area contributed by atoms with E-state index in [1.165, 1.54) is 0 Å². The number of anilines is 2. The Labute approximate surface area is 203 Å². The van der Waals surface area contributed by atoms with E-state index in [0.717, 1.165) is 7.22 Å². The van der Waals surface area contributed by atoms with E-state index >= 15 is 0 Å². The van der Waals surface area contributed by atoms with E-state index in [4.69, 9.17) is 11.5 Å². The molecule has 0 amide bonds. The Balaban J connectivity index is 1.61. The van der Waals surface area contributed by atoms with Crippen LogP contribution in [0, 0.1) is 0 Å². The number of ketones is 2. The van der Waals surface area contributed by atoms with Crippen LogP contribution in [0.5, 0.6) is 0 Å². The molecule has 0 unspecified atom stereocenters. The van der Waals surface area contributed by atoms with Gasteiger partial charge in [0.15, 0.2) is 0 Å². The molecular weight excluding hydrogens is 627 g/mol. The normalized spacial score (nSPS) is 10.6. The first-order chi connectivity index (χ1) is 15.6. The van der Waals surface area contributed by atoms with Crippen LogP contribution in [0.2, 0.25) is 0 Å². The number of nitrogen functional groups attached to an aromatic ring is 2. The molecule has 0 aliphatic heterocycles. The second kappa shape index (κ2) is 10.3. The van der Waals surface area contributed by atoms with Gasteiger partial charge in [-0.15, -0.1) is 0 Å². The summed E-state index contributed by atoms with van der Waals surface area (Å²) < 4.78 is 2.21. The van der Waals surface area contributed by atoms with Crippen molar-refractivity contribution < 1.29 is 9.59 Å². The number of hydrogen-bond acceptors (Lipinski definition) is 4. The van der Waals surface area contributed by atoms with Crippen LogP contribution in [0.15, 0.2) is 97.1 Å². The molecule has 6 heteroatoms. The molecule has 0 radical (unpaired) electrons. The van der Waals surface area contributed by atoms with Gasteiger partial charge in [-0.1, -0.05) is 0 Å². The van der Waals surface area contributed by atoms with Crippen molar-refractivity contribution in [1.29, 1.82) is 0 Å². The standard InChI is InChI=1S/C26H20N2O2Te2/c27-21-13-5-1-9-17(21)25(29)19-11-3-7-15-23(19)31-32-24-16-8-4-12-20(24)26(30)18-10-2-6-14-22(18)28/h1-16H,27-28H2. The van der Waals surface area contributed by atoms with Crippen molar-refractivity contribution in [3.05, 3.63) is 119 Å². The van der Waals surface area contributed by atoms with Gasteiger partial charge in [0.25, 0.3) is 0 Å². The fourth-order valence-corrected chi connectivity index (χ4v) is 15.0. The molecule has 4 N–H and O–H groups in total. The molecule has 158 valence electrons. The van der Waals surface area contributed by atoms with Crippen molar-refractivity contribution in [3.63, 3.8) is 0 Å². The van der Waals surface area contributed by atoms with Crippen molar-refractivity contribution in [2.75, 3.05) is 11.5 Å². The van der Waals surface area contributed by atoms with Crippen molar-refractivity contribution in [1.82, 2.24) is 0 Å². The molecule has 0 heterocycles. The van der Waals surface area contributed by atoms with E-state index in [9.17, 15) is 9.59 Å². The van der Waals surface area contributed by atoms with Crippen molar-refractivity contribution in [2.45, 2.75) is 0 Å². The Kier molecular flexibility index (Phi) is 7.30. The number of para-hydroxylation sites is 2. The van der Waals surface area contributed by atoms with Crippen molar-refractivity contribution in [3.8, 4) is 0 Å². The molecule has 4 aromatic carbocycles. The third kappa shape index (κ3) is 4.90. The average Bonchev–Trinajstić information content (AvgIpc) is 2.83. The molecule has 4 aromatic rings. The summed E-state index contributed by atoms with van der Waals surface area (Å²) in [4.78, 5) is 26.4. The number of hydrogen-bond donors (Lipinski definition) is 2. The van der Waals surface area contributed by atoms with E-state index in [1.54, 1.807) is 24.3 Å². The first-order valence-corrected chi connectivity index (χ1v) is 19.5. The van der Waals surface area contributed by atoms with Crippen LogP contribution in [-0.2, 0) is 0 Å². The van der Waals surface area contributed by atoms with Crippen LogP contribution in [0.25, 0.3) is 0 Å². The average molecular weight is 648 g/mol. The number of carbonyl (C=O) groups is 2. The predicted octanol–water partition coefficient (Wildman–Crippen LogP) is 2.59. The zero-order chi connectivity index (χ0) is 22.5. The van der Waals surface area contributed by atoms with E-state index < -0.39 is 34.1 Å². The maximum atomic E-state index is 13.2. The van der Waals surface area contributed by atoms with Gasteiger partial charge in [-0.3, -0.25) is 0 Å². The quantitative estimate of drug-likeness (QED) is 0.184. The zero-order valence-corrected chi connectivity index (χ0v) is 21.7. The van der Waals surface area contributed by atoms with Crippen molar-refractivity contribution >= 4 is 64.3 Å². The van der Waals surface area contributed by atoms with Gasteiger partial charge < -0.3 is 0 Å². The first-order valence-electron chi connectivity index (χ1n) is 9.87. The van der Waals surface area contributed by atoms with E-state index in [1.807, 2.05) is 72.8 Å². The molecule has 0 fully saturated rings. The third-order valence-electron chi connectivity index (χ3n) is 4.90. The molecule has 0 spiro atoms. The zero-order valence-electron chi connectivity index (χ0n) is 17.0. The Bertz CT molecular complexity index is 1200. The number of carbonyl (C=O) groups excluding carboxylic acids is 2. The summed E-state index contributed by atoms with van der Waals surface area (Å²) in [6, 6.07) is 29.9. The Morgan fingerprint density at radius 1 is 0.469 bits per heavy atom. The molecule has 0 aromatic heterocycles. The van der Waals surface area contributed by atoms with Gasteiger partial charge in [0.1, 0.15) is 0 Å². The van der Waals surface area contributed by atoms with E-state index in [2.05, 4.69) is 0 Å². The number of benzene rings is 4. The van der Waals surface area contributed by atoms with Crippen molar-refractivity contribution in [2.24, 2.45) is 0 Å². The van der Waals surface area contributed by atoms with E-state index in [0.29, 0.717) is 33.6 Å². The summed E-state index contributed by atoms with van der Waals surface area (Å²) in [6.45, 7) is 0. The van der Waals surface area contributed by atoms with Gasteiger partial charge >= 0.3 is 205 Å². The van der Waals surface area contributed by atoms with Gasteiger partial charge in [0.2, 0.25) is 0 Å². The van der Waals surface area contributed by atoms with Crippen LogP contribution < -0.4 is 18.7 Å². The summed E-state index contributed by atoms with van der Waals surface area (Å²) in [5, 5.41) is 0. The summed E-state index contributed by atoms with van der Waals surface area (Å²) in [5.41, 5.74) is 15.6. The molecule has 0 bridgehead atoms. The predicted molar refractivity (Wildman–Crippen MR) is 132 cm³/mol. The van der Waals surface area contributed by atoms with Gasteiger partial charge in [-0.25, -0.2) is 0 Å². The molecule has 0 saturated heterocycles. The van der Waals surface area contributed by atoms with Crippen LogP contribution >= 0.6 is 0 Å². The van der Waals surface area contributed by atoms with Gasteiger partial charge in [-0.2, -0.15) is 0 Å². The first kappa shape index (κ1) is 22.6. The second-order valence-corrected chi connectivity index (χ2v) is 16.8. The van der Waals surface area contributed by atoms with Crippen LogP contribution in [0.4, 0.5) is 11.4 Å². The third-order valence-corrected chi connectivity index (χ3v) is 16.7. The molecule has 4 nitrogen and oxygen atoms in total. The molecule has 0 atom stereocenters. The molecule has 32 heavy (non-hydrogen) atoms. The SMILES string of the molecule is Nc1ccccc1C(=O)c1ccccc1[Te][Te]c1ccccc1C(=O)c1ccccc1N. The van der Waals surface area contributed by atoms with Gasteiger partial charge in [0, 0.05) is 0 Å². The minimum atomic E-state index is -0.661. The topological polar surface area (TPSA) is 86.2 Å². The van der Waals surface area contributed by atoms with Gasteiger partial charge in [0.05, 0.1) is 0 Å². The summed E-state index contributed by atoms with van der Waals surface area (Å²) in [7, 11) is 0. The molecule has 0 aliphatic carbocycles. The van der Waals surface area contributed by atoms with E-state index in [-0.39, 0.29) is 11.6 Å². The van der Waals surface area contributed by atoms with Crippen LogP contribution in [0.1, 0.15) is 31.8 Å². The number of nitrogens with two attached hydrogens (primary N) is 2. The van der Waals surface area contributed by atoms with Gasteiger partial charge in [-0.05, 0) is 0 Å². The summed E-state index contributed by atoms with van der Waals surface area (Å²) in [5.74, 6) is -0.0876. The Morgan fingerprint density at radius 3 is 1.16 bits per heavy atom. The maximum absolute atomic E-state index is 13.2. The molecular formula is C26H20N2O2Te2. The number of rotatable bonds is 7.